The van der Waals surface area contributed by atoms with Gasteiger partial charge in [-0.15, -0.1) is 0 Å². The molecule has 0 aliphatic carbocycles. The number of fused-ring (bicyclic) bond motifs is 1. The molecule has 0 amide bonds. The minimum absolute atomic E-state index is 0.381. The maximum absolute atomic E-state index is 6.14. The number of hydrogen-bond acceptors (Lipinski definition) is 4. The smallest absolute Gasteiger partial charge is 0.179 e. The van der Waals surface area contributed by atoms with Gasteiger partial charge in [-0.05, 0) is 18.2 Å². The normalized spacial score (nSPS) is 13.4. The van der Waals surface area contributed by atoms with E-state index in [9.17, 15) is 0 Å². The van der Waals surface area contributed by atoms with Crippen molar-refractivity contribution in [3.63, 3.8) is 0 Å². The van der Waals surface area contributed by atoms with Crippen LogP contribution in [-0.4, -0.2) is 23.2 Å². The lowest BCUT2D eigenvalue weighted by atomic mass is 10.2. The van der Waals surface area contributed by atoms with E-state index in [1.54, 1.807) is 24.4 Å². The maximum atomic E-state index is 6.14. The molecule has 0 radical (unpaired) electrons. The van der Waals surface area contributed by atoms with Gasteiger partial charge < -0.3 is 9.47 Å². The summed E-state index contributed by atoms with van der Waals surface area (Å²) in [5.41, 5.74) is 0.742. The molecule has 0 saturated carbocycles. The second-order valence-electron chi connectivity index (χ2n) is 3.69. The Balaban J connectivity index is 2.11. The molecule has 92 valence electrons. The van der Waals surface area contributed by atoms with Gasteiger partial charge in [0.15, 0.2) is 17.3 Å². The molecule has 1 aliphatic rings. The molecule has 1 aromatic carbocycles. The zero-order chi connectivity index (χ0) is 12.5. The molecule has 0 atom stereocenters. The molecule has 18 heavy (non-hydrogen) atoms. The average Bonchev–Trinajstić information content (AvgIpc) is 2.39. The van der Waals surface area contributed by atoms with Crippen molar-refractivity contribution in [1.82, 2.24) is 9.97 Å². The van der Waals surface area contributed by atoms with Crippen molar-refractivity contribution in [2.24, 2.45) is 0 Å². The van der Waals surface area contributed by atoms with E-state index in [1.165, 1.54) is 0 Å². The highest BCUT2D eigenvalue weighted by Crippen LogP contribution is 2.40. The highest BCUT2D eigenvalue weighted by Gasteiger charge is 2.18. The Morgan fingerprint density at radius 2 is 1.94 bits per heavy atom. The molecule has 0 unspecified atom stereocenters. The van der Waals surface area contributed by atoms with E-state index in [0.717, 1.165) is 5.56 Å². The Bertz CT molecular complexity index is 605. The second-order valence-corrected chi connectivity index (χ2v) is 4.48. The molecular weight excluding hydrogens is 275 g/mol. The fraction of sp³-hybridized carbons (Fsp3) is 0.167. The summed E-state index contributed by atoms with van der Waals surface area (Å²) < 4.78 is 10.9. The summed E-state index contributed by atoms with van der Waals surface area (Å²) in [7, 11) is 0. The Hall–Kier alpha value is -1.52. The summed E-state index contributed by atoms with van der Waals surface area (Å²) in [6, 6.07) is 5.15. The van der Waals surface area contributed by atoms with Crippen molar-refractivity contribution in [2.75, 3.05) is 13.2 Å². The molecule has 1 aromatic heterocycles. The predicted octanol–water partition coefficient (Wildman–Crippen LogP) is 3.22. The Morgan fingerprint density at radius 1 is 1.11 bits per heavy atom. The number of aromatic nitrogens is 2. The first-order valence-corrected chi connectivity index (χ1v) is 6.08. The van der Waals surface area contributed by atoms with Gasteiger partial charge in [-0.25, -0.2) is 9.97 Å². The zero-order valence-corrected chi connectivity index (χ0v) is 10.7. The number of rotatable bonds is 1. The second kappa shape index (κ2) is 4.63. The number of halogens is 2. The molecular formula is C12H8Cl2N2O2. The SMILES string of the molecule is Clc1ccnc(-c2cc(Cl)c3c(c2)OCCO3)n1. The van der Waals surface area contributed by atoms with Crippen molar-refractivity contribution in [2.45, 2.75) is 0 Å². The van der Waals surface area contributed by atoms with Gasteiger partial charge in [0, 0.05) is 11.8 Å². The summed E-state index contributed by atoms with van der Waals surface area (Å²) in [5.74, 6) is 1.67. The van der Waals surface area contributed by atoms with Crippen LogP contribution in [0, 0.1) is 0 Å². The van der Waals surface area contributed by atoms with Gasteiger partial charge in [-0.1, -0.05) is 23.2 Å². The van der Waals surface area contributed by atoms with E-state index in [2.05, 4.69) is 9.97 Å². The van der Waals surface area contributed by atoms with E-state index in [1.807, 2.05) is 0 Å². The lowest BCUT2D eigenvalue weighted by Crippen LogP contribution is -2.15. The molecule has 2 heterocycles. The van der Waals surface area contributed by atoms with E-state index in [4.69, 9.17) is 32.7 Å². The lowest BCUT2D eigenvalue weighted by Gasteiger charge is -2.20. The maximum Gasteiger partial charge on any atom is 0.179 e. The Morgan fingerprint density at radius 3 is 2.78 bits per heavy atom. The number of nitrogens with zero attached hydrogens (tertiary/aromatic N) is 2. The number of benzene rings is 1. The first-order chi connectivity index (χ1) is 8.74. The van der Waals surface area contributed by atoms with E-state index < -0.39 is 0 Å². The van der Waals surface area contributed by atoms with E-state index in [0.29, 0.717) is 40.7 Å². The summed E-state index contributed by atoms with van der Waals surface area (Å²) in [5, 5.41) is 0.858. The Labute approximate surface area is 113 Å². The van der Waals surface area contributed by atoms with Gasteiger partial charge in [-0.2, -0.15) is 0 Å². The van der Waals surface area contributed by atoms with Crippen molar-refractivity contribution in [1.29, 1.82) is 0 Å². The predicted molar refractivity (Wildman–Crippen MR) is 68.5 cm³/mol. The summed E-state index contributed by atoms with van der Waals surface area (Å²) in [6.07, 6.45) is 1.59. The van der Waals surface area contributed by atoms with Crippen molar-refractivity contribution in [3.05, 3.63) is 34.6 Å². The van der Waals surface area contributed by atoms with Crippen LogP contribution in [0.2, 0.25) is 10.2 Å². The minimum Gasteiger partial charge on any atom is -0.486 e. The van der Waals surface area contributed by atoms with Crippen LogP contribution in [-0.2, 0) is 0 Å². The molecule has 0 fully saturated rings. The highest BCUT2D eigenvalue weighted by atomic mass is 35.5. The van der Waals surface area contributed by atoms with Gasteiger partial charge in [0.05, 0.1) is 5.02 Å². The molecule has 2 aromatic rings. The van der Waals surface area contributed by atoms with Gasteiger partial charge in [-0.3, -0.25) is 0 Å². The van der Waals surface area contributed by atoms with Crippen molar-refractivity contribution in [3.8, 4) is 22.9 Å². The highest BCUT2D eigenvalue weighted by molar-refractivity contribution is 6.32. The van der Waals surface area contributed by atoms with Crippen LogP contribution in [0.4, 0.5) is 0 Å². The van der Waals surface area contributed by atoms with Crippen molar-refractivity contribution < 1.29 is 9.47 Å². The number of ether oxygens (including phenoxy) is 2. The molecule has 4 nitrogen and oxygen atoms in total. The largest absolute Gasteiger partial charge is 0.486 e. The minimum atomic E-state index is 0.381. The zero-order valence-electron chi connectivity index (χ0n) is 9.19. The third kappa shape index (κ3) is 2.09. The van der Waals surface area contributed by atoms with Gasteiger partial charge in [0.2, 0.25) is 0 Å². The lowest BCUT2D eigenvalue weighted by molar-refractivity contribution is 0.172. The van der Waals surface area contributed by atoms with Crippen molar-refractivity contribution >= 4 is 23.2 Å². The standard InChI is InChI=1S/C12H8Cl2N2O2/c13-8-5-7(12-15-2-1-10(14)16-12)6-9-11(8)18-4-3-17-9/h1-2,5-6H,3-4H2. The van der Waals surface area contributed by atoms with Gasteiger partial charge >= 0.3 is 0 Å². The molecule has 0 N–H and O–H groups in total. The molecule has 3 rings (SSSR count). The summed E-state index contributed by atoms with van der Waals surface area (Å²) in [4.78, 5) is 8.28. The molecule has 1 aliphatic heterocycles. The molecule has 0 bridgehead atoms. The quantitative estimate of drug-likeness (QED) is 0.754. The van der Waals surface area contributed by atoms with Crippen LogP contribution in [0.25, 0.3) is 11.4 Å². The molecule has 0 spiro atoms. The first-order valence-electron chi connectivity index (χ1n) is 5.32. The van der Waals surface area contributed by atoms with E-state index in [-0.39, 0.29) is 0 Å². The summed E-state index contributed by atoms with van der Waals surface area (Å²) in [6.45, 7) is 1.00. The van der Waals surface area contributed by atoms with Crippen LogP contribution in [0.15, 0.2) is 24.4 Å². The van der Waals surface area contributed by atoms with Crippen LogP contribution in [0.5, 0.6) is 11.5 Å². The third-order valence-corrected chi connectivity index (χ3v) is 2.97. The molecule has 0 saturated heterocycles. The average molecular weight is 283 g/mol. The monoisotopic (exact) mass is 282 g/mol. The van der Waals surface area contributed by atoms with Crippen LogP contribution in [0.1, 0.15) is 0 Å². The first kappa shape index (κ1) is 11.6. The van der Waals surface area contributed by atoms with Gasteiger partial charge in [0.25, 0.3) is 0 Å². The molecule has 6 heteroatoms. The van der Waals surface area contributed by atoms with Crippen LogP contribution >= 0.6 is 23.2 Å². The topological polar surface area (TPSA) is 44.2 Å². The third-order valence-electron chi connectivity index (χ3n) is 2.48. The number of hydrogen-bond donors (Lipinski definition) is 0. The Kier molecular flexibility index (Phi) is 2.97. The van der Waals surface area contributed by atoms with Crippen LogP contribution in [0.3, 0.4) is 0 Å². The van der Waals surface area contributed by atoms with E-state index >= 15 is 0 Å². The summed E-state index contributed by atoms with van der Waals surface area (Å²) >= 11 is 12.0. The fourth-order valence-electron chi connectivity index (χ4n) is 1.72. The van der Waals surface area contributed by atoms with Gasteiger partial charge in [0.1, 0.15) is 18.4 Å². The fourth-order valence-corrected chi connectivity index (χ4v) is 2.12. The van der Waals surface area contributed by atoms with Crippen LogP contribution < -0.4 is 9.47 Å².